The molecule has 0 fully saturated rings. The summed E-state index contributed by atoms with van der Waals surface area (Å²) in [5.41, 5.74) is 2.21. The molecule has 0 aliphatic heterocycles. The Morgan fingerprint density at radius 2 is 2.00 bits per heavy atom. The van der Waals surface area contributed by atoms with E-state index in [1.807, 2.05) is 13.8 Å². The number of hydrogen-bond donors (Lipinski definition) is 1. The molecule has 2 heteroatoms. The second-order valence-corrected chi connectivity index (χ2v) is 6.81. The van der Waals surface area contributed by atoms with Crippen LogP contribution in [0.15, 0.2) is 24.3 Å². The summed E-state index contributed by atoms with van der Waals surface area (Å²) in [6.07, 6.45) is 1.75. The summed E-state index contributed by atoms with van der Waals surface area (Å²) in [7, 11) is 0. The van der Waals surface area contributed by atoms with Crippen molar-refractivity contribution in [3.63, 3.8) is 0 Å². The highest BCUT2D eigenvalue weighted by atomic mass is 16.4. The maximum absolute atomic E-state index is 11.3. The van der Waals surface area contributed by atoms with E-state index in [4.69, 9.17) is 0 Å². The lowest BCUT2D eigenvalue weighted by atomic mass is 9.71. The van der Waals surface area contributed by atoms with E-state index in [0.29, 0.717) is 12.3 Å². The molecule has 18 heavy (non-hydrogen) atoms. The van der Waals surface area contributed by atoms with Gasteiger partial charge in [-0.3, -0.25) is 4.79 Å². The molecule has 1 aromatic carbocycles. The summed E-state index contributed by atoms with van der Waals surface area (Å²) in [4.78, 5) is 11.3. The van der Waals surface area contributed by atoms with Gasteiger partial charge in [0.2, 0.25) is 0 Å². The first kappa shape index (κ1) is 13.1. The molecule has 0 spiro atoms. The van der Waals surface area contributed by atoms with Crippen LogP contribution in [0.5, 0.6) is 0 Å². The lowest BCUT2D eigenvalue weighted by Crippen LogP contribution is -2.30. The van der Waals surface area contributed by atoms with Crippen LogP contribution in [-0.2, 0) is 11.2 Å². The third-order valence-electron chi connectivity index (χ3n) is 4.31. The van der Waals surface area contributed by atoms with Gasteiger partial charge in [0.1, 0.15) is 0 Å². The minimum atomic E-state index is -0.706. The van der Waals surface area contributed by atoms with Gasteiger partial charge in [0.25, 0.3) is 0 Å². The molecule has 1 aliphatic carbocycles. The third kappa shape index (κ3) is 2.16. The lowest BCUT2D eigenvalue weighted by Gasteiger charge is -2.33. The van der Waals surface area contributed by atoms with Crippen LogP contribution in [0.1, 0.15) is 51.2 Å². The molecule has 0 saturated carbocycles. The van der Waals surface area contributed by atoms with Crippen molar-refractivity contribution >= 4 is 5.97 Å². The molecule has 0 bridgehead atoms. The highest BCUT2D eigenvalue weighted by Crippen LogP contribution is 2.51. The molecule has 0 radical (unpaired) electrons. The zero-order valence-electron chi connectivity index (χ0n) is 11.7. The molecule has 2 nitrogen and oxygen atoms in total. The van der Waals surface area contributed by atoms with Crippen molar-refractivity contribution in [1.82, 2.24) is 0 Å². The molecular weight excluding hydrogens is 224 g/mol. The Hall–Kier alpha value is -1.31. The van der Waals surface area contributed by atoms with E-state index < -0.39 is 11.4 Å². The minimum absolute atomic E-state index is 0.149. The minimum Gasteiger partial charge on any atom is -0.481 e. The van der Waals surface area contributed by atoms with Crippen LogP contribution in [0, 0.1) is 10.8 Å². The lowest BCUT2D eigenvalue weighted by molar-refractivity contribution is -0.147. The molecule has 1 N–H and O–H groups in total. The molecule has 1 aromatic rings. The molecule has 0 aromatic heterocycles. The zero-order chi connectivity index (χ0) is 13.6. The smallest absolute Gasteiger partial charge is 0.309 e. The average molecular weight is 246 g/mol. The number of aliphatic carboxylic acids is 1. The van der Waals surface area contributed by atoms with Crippen molar-refractivity contribution in [2.75, 3.05) is 0 Å². The van der Waals surface area contributed by atoms with Crippen LogP contribution in [-0.4, -0.2) is 11.1 Å². The highest BCUT2D eigenvalue weighted by Gasteiger charge is 2.43. The van der Waals surface area contributed by atoms with Crippen molar-refractivity contribution in [3.05, 3.63) is 35.4 Å². The molecule has 0 amide bonds. The molecular formula is C16H22O2. The second-order valence-electron chi connectivity index (χ2n) is 6.81. The Labute approximate surface area is 109 Å². The van der Waals surface area contributed by atoms with E-state index in [1.165, 1.54) is 11.1 Å². The molecule has 1 unspecified atom stereocenters. The van der Waals surface area contributed by atoms with E-state index in [-0.39, 0.29) is 5.41 Å². The topological polar surface area (TPSA) is 37.3 Å². The van der Waals surface area contributed by atoms with Gasteiger partial charge in [0, 0.05) is 0 Å². The predicted octanol–water partition coefficient (Wildman–Crippen LogP) is 3.85. The standard InChI is InChI=1S/C16H22O2/c1-15(2)9-11-7-5-6-8-12(11)13(15)10-16(3,4)14(17)18/h5-8,13H,9-10H2,1-4H3,(H,17,18). The number of carboxylic acid groups (broad SMARTS) is 1. The first-order valence-corrected chi connectivity index (χ1v) is 6.55. The maximum Gasteiger partial charge on any atom is 0.309 e. The van der Waals surface area contributed by atoms with Gasteiger partial charge in [0.05, 0.1) is 5.41 Å². The van der Waals surface area contributed by atoms with Crippen LogP contribution in [0.2, 0.25) is 0 Å². The fourth-order valence-corrected chi connectivity index (χ4v) is 3.05. The van der Waals surface area contributed by atoms with Crippen LogP contribution in [0.3, 0.4) is 0 Å². The highest BCUT2D eigenvalue weighted by molar-refractivity contribution is 5.73. The van der Waals surface area contributed by atoms with Crippen molar-refractivity contribution in [3.8, 4) is 0 Å². The Balaban J connectivity index is 2.35. The maximum atomic E-state index is 11.3. The molecule has 2 rings (SSSR count). The molecule has 1 atom stereocenters. The number of fused-ring (bicyclic) bond motifs is 1. The first-order chi connectivity index (χ1) is 8.24. The van der Waals surface area contributed by atoms with E-state index in [1.54, 1.807) is 0 Å². The van der Waals surface area contributed by atoms with Gasteiger partial charge in [-0.05, 0) is 49.1 Å². The fourth-order valence-electron chi connectivity index (χ4n) is 3.05. The van der Waals surface area contributed by atoms with Crippen LogP contribution in [0.4, 0.5) is 0 Å². The van der Waals surface area contributed by atoms with Gasteiger partial charge in [-0.1, -0.05) is 38.1 Å². The van der Waals surface area contributed by atoms with Gasteiger partial charge in [0.15, 0.2) is 0 Å². The zero-order valence-corrected chi connectivity index (χ0v) is 11.7. The Kier molecular flexibility index (Phi) is 3.00. The summed E-state index contributed by atoms with van der Waals surface area (Å²) in [6.45, 7) is 8.14. The molecule has 1 aliphatic rings. The number of hydrogen-bond acceptors (Lipinski definition) is 1. The van der Waals surface area contributed by atoms with E-state index in [0.717, 1.165) is 6.42 Å². The van der Waals surface area contributed by atoms with Crippen molar-refractivity contribution in [2.24, 2.45) is 10.8 Å². The largest absolute Gasteiger partial charge is 0.481 e. The average Bonchev–Trinajstić information content (AvgIpc) is 2.50. The number of carboxylic acids is 1. The Bertz CT molecular complexity index is 472. The van der Waals surface area contributed by atoms with Gasteiger partial charge < -0.3 is 5.11 Å². The van der Waals surface area contributed by atoms with Crippen LogP contribution in [0.25, 0.3) is 0 Å². The Morgan fingerprint density at radius 1 is 1.39 bits per heavy atom. The number of rotatable bonds is 3. The van der Waals surface area contributed by atoms with E-state index in [9.17, 15) is 9.90 Å². The number of benzene rings is 1. The Morgan fingerprint density at radius 3 is 2.61 bits per heavy atom. The fraction of sp³-hybridized carbons (Fsp3) is 0.562. The summed E-state index contributed by atoms with van der Waals surface area (Å²) in [5, 5.41) is 9.32. The van der Waals surface area contributed by atoms with Crippen LogP contribution < -0.4 is 0 Å². The normalized spacial score (nSPS) is 21.7. The predicted molar refractivity (Wildman–Crippen MR) is 72.7 cm³/mol. The van der Waals surface area contributed by atoms with Gasteiger partial charge >= 0.3 is 5.97 Å². The van der Waals surface area contributed by atoms with Crippen molar-refractivity contribution in [1.29, 1.82) is 0 Å². The van der Waals surface area contributed by atoms with Crippen molar-refractivity contribution < 1.29 is 9.90 Å². The van der Waals surface area contributed by atoms with Gasteiger partial charge in [-0.2, -0.15) is 0 Å². The quantitative estimate of drug-likeness (QED) is 0.879. The summed E-state index contributed by atoms with van der Waals surface area (Å²) in [5.74, 6) is -0.373. The summed E-state index contributed by atoms with van der Waals surface area (Å²) in [6, 6.07) is 8.46. The molecule has 0 heterocycles. The van der Waals surface area contributed by atoms with E-state index in [2.05, 4.69) is 38.1 Å². The summed E-state index contributed by atoms with van der Waals surface area (Å²) < 4.78 is 0. The van der Waals surface area contributed by atoms with Gasteiger partial charge in [-0.15, -0.1) is 0 Å². The number of carbonyl (C=O) groups is 1. The van der Waals surface area contributed by atoms with E-state index >= 15 is 0 Å². The summed E-state index contributed by atoms with van der Waals surface area (Å²) >= 11 is 0. The molecule has 98 valence electrons. The van der Waals surface area contributed by atoms with Crippen LogP contribution >= 0.6 is 0 Å². The monoisotopic (exact) mass is 246 g/mol. The second kappa shape index (κ2) is 4.11. The third-order valence-corrected chi connectivity index (χ3v) is 4.31. The molecule has 0 saturated heterocycles. The SMILES string of the molecule is CC(C)(CC1c2ccccc2CC1(C)C)C(=O)O. The first-order valence-electron chi connectivity index (χ1n) is 6.55. The van der Waals surface area contributed by atoms with Crippen molar-refractivity contribution in [2.45, 2.75) is 46.5 Å². The van der Waals surface area contributed by atoms with Gasteiger partial charge in [-0.25, -0.2) is 0 Å².